The number of nitrogens with one attached hydrogen (secondary N) is 1. The number of aliphatic hydroxyl groups is 1. The molecule has 67 heavy (non-hydrogen) atoms. The Labute approximate surface area is 388 Å². The number of ether oxygens (including phenoxy) is 4. The van der Waals surface area contributed by atoms with Crippen LogP contribution in [0, 0.1) is 40.3 Å². The van der Waals surface area contributed by atoms with Crippen molar-refractivity contribution in [2.45, 2.75) is 134 Å². The van der Waals surface area contributed by atoms with E-state index in [2.05, 4.69) is 5.32 Å². The van der Waals surface area contributed by atoms with E-state index in [1.807, 2.05) is 9.47 Å². The van der Waals surface area contributed by atoms with Gasteiger partial charge in [0.2, 0.25) is 11.2 Å². The van der Waals surface area contributed by atoms with E-state index in [9.17, 15) is 33.9 Å². The Hall–Kier alpha value is -4.96. The zero-order chi connectivity index (χ0) is 47.8. The number of ketones is 2. The normalized spacial score (nSPS) is 34.1. The summed E-state index contributed by atoms with van der Waals surface area (Å²) in [6, 6.07) is 1.39. The number of halogens is 2. The van der Waals surface area contributed by atoms with Crippen LogP contribution in [0.4, 0.5) is 14.5 Å². The van der Waals surface area contributed by atoms with Gasteiger partial charge < -0.3 is 38.8 Å². The van der Waals surface area contributed by atoms with Crippen LogP contribution in [-0.2, 0) is 33.4 Å². The number of alkyl halides is 1. The van der Waals surface area contributed by atoms with Crippen LogP contribution in [0.1, 0.15) is 121 Å². The third-order valence-corrected chi connectivity index (χ3v) is 16.9. The lowest BCUT2D eigenvalue weighted by Crippen LogP contribution is -2.70. The molecule has 2 aliphatic heterocycles. The Kier molecular flexibility index (Phi) is 12.3. The molecule has 7 aliphatic rings. The van der Waals surface area contributed by atoms with Gasteiger partial charge in [0.1, 0.15) is 11.3 Å². The number of rotatable bonds is 14. The van der Waals surface area contributed by atoms with Crippen molar-refractivity contribution in [3.05, 3.63) is 57.7 Å². The highest BCUT2D eigenvalue weighted by Crippen LogP contribution is 2.71. The fourth-order valence-electron chi connectivity index (χ4n) is 13.6. The smallest absolute Gasteiger partial charge is 0.343 e. The van der Waals surface area contributed by atoms with Gasteiger partial charge in [0.05, 0.1) is 30.7 Å². The van der Waals surface area contributed by atoms with Crippen LogP contribution in [0.25, 0.3) is 10.9 Å². The van der Waals surface area contributed by atoms with Gasteiger partial charge in [-0.15, -0.1) is 0 Å². The molecule has 3 heterocycles. The summed E-state index contributed by atoms with van der Waals surface area (Å²) in [5.41, 5.74) is -6.13. The molecule has 1 aromatic carbocycles. The molecule has 0 radical (unpaired) electrons. The van der Waals surface area contributed by atoms with Crippen molar-refractivity contribution in [3.8, 4) is 5.75 Å². The number of esters is 3. The molecule has 2 saturated heterocycles. The third kappa shape index (κ3) is 7.45. The molecule has 0 unspecified atom stereocenters. The van der Waals surface area contributed by atoms with Crippen molar-refractivity contribution >= 4 is 46.1 Å². The number of pyridine rings is 1. The number of hydrogen-bond acceptors (Lipinski definition) is 13. The molecule has 362 valence electrons. The van der Waals surface area contributed by atoms with Crippen molar-refractivity contribution < 1.29 is 56.8 Å². The molecule has 16 heteroatoms. The number of carbonyl (C=O) groups is 5. The van der Waals surface area contributed by atoms with Crippen LogP contribution in [0.15, 0.2) is 40.9 Å². The first-order valence-electron chi connectivity index (χ1n) is 24.3. The van der Waals surface area contributed by atoms with Gasteiger partial charge in [0.25, 0.3) is 0 Å². The van der Waals surface area contributed by atoms with E-state index in [-0.39, 0.29) is 66.9 Å². The topological polar surface area (TPSA) is 180 Å². The zero-order valence-corrected chi connectivity index (χ0v) is 39.1. The minimum absolute atomic E-state index is 0.00229. The highest BCUT2D eigenvalue weighted by Gasteiger charge is 2.77. The number of benzene rings is 1. The van der Waals surface area contributed by atoms with Gasteiger partial charge in [-0.3, -0.25) is 24.0 Å². The molecule has 2 N–H and O–H groups in total. The van der Waals surface area contributed by atoms with E-state index < -0.39 is 87.5 Å². The Morgan fingerprint density at radius 3 is 2.51 bits per heavy atom. The van der Waals surface area contributed by atoms with Crippen LogP contribution in [0.5, 0.6) is 5.75 Å². The summed E-state index contributed by atoms with van der Waals surface area (Å²) < 4.78 is 58.9. The van der Waals surface area contributed by atoms with Gasteiger partial charge in [-0.2, -0.15) is 0 Å². The van der Waals surface area contributed by atoms with Gasteiger partial charge in [-0.25, -0.2) is 13.6 Å². The van der Waals surface area contributed by atoms with Crippen molar-refractivity contribution in [1.29, 1.82) is 0 Å². The van der Waals surface area contributed by atoms with Crippen LogP contribution in [0.3, 0.4) is 0 Å². The molecular weight excluding hydrogens is 869 g/mol. The number of aromatic nitrogens is 1. The number of methoxy groups -OCH3 is 1. The summed E-state index contributed by atoms with van der Waals surface area (Å²) in [5, 5.41) is 15.5. The molecule has 0 amide bonds. The second kappa shape index (κ2) is 17.5. The van der Waals surface area contributed by atoms with Gasteiger partial charge in [-0.05, 0) is 108 Å². The van der Waals surface area contributed by atoms with Crippen LogP contribution in [-0.4, -0.2) is 103 Å². The number of fused-ring (bicyclic) bond motifs is 7. The Morgan fingerprint density at radius 2 is 1.79 bits per heavy atom. The summed E-state index contributed by atoms with van der Waals surface area (Å²) in [4.78, 5) is 82.9. The van der Waals surface area contributed by atoms with E-state index in [0.29, 0.717) is 61.5 Å². The maximum atomic E-state index is 17.9. The highest BCUT2D eigenvalue weighted by atomic mass is 19.1. The van der Waals surface area contributed by atoms with Crippen LogP contribution in [0.2, 0.25) is 0 Å². The molecule has 2 aromatic rings. The number of piperidine rings is 1. The summed E-state index contributed by atoms with van der Waals surface area (Å²) in [6.45, 7) is 8.20. The van der Waals surface area contributed by atoms with Crippen molar-refractivity contribution in [3.63, 3.8) is 0 Å². The van der Waals surface area contributed by atoms with Gasteiger partial charge >= 0.3 is 17.9 Å². The molecule has 6 fully saturated rings. The van der Waals surface area contributed by atoms with E-state index in [0.717, 1.165) is 32.2 Å². The second-order valence-electron chi connectivity index (χ2n) is 20.7. The SMILES string of the molecule is CCCC(=O)O[C@@]1(C(=O)COC(=O)CCCOC(=O)c2cn(C3CC3)c3c(OC)c(N4C[C@@H]5CCCN[C@@H]5C4)c(F)cc3c2=O)[C@@H](C)C[C@@H]2[C@H]3CCC4=CC(=O)C=C[C@@]4(C)[C@]3(F)[C@H](O)C[C@]21C. The second-order valence-corrected chi connectivity index (χ2v) is 20.7. The van der Waals surface area contributed by atoms with E-state index in [1.54, 1.807) is 33.8 Å². The lowest BCUT2D eigenvalue weighted by Gasteiger charge is -2.62. The highest BCUT2D eigenvalue weighted by molar-refractivity contribution is 6.01. The Bertz CT molecular complexity index is 2510. The van der Waals surface area contributed by atoms with Crippen molar-refractivity contribution in [2.24, 2.45) is 34.5 Å². The molecule has 0 spiro atoms. The number of Topliss-reactive ketones (excluding diaryl/α,β-unsaturated/α-hetero) is 1. The lowest BCUT2D eigenvalue weighted by molar-refractivity contribution is -0.228. The summed E-state index contributed by atoms with van der Waals surface area (Å²) in [6.07, 6.45) is 8.94. The quantitative estimate of drug-likeness (QED) is 0.121. The average molecular weight is 932 g/mol. The number of hydrogen-bond donors (Lipinski definition) is 2. The molecule has 9 rings (SSSR count). The van der Waals surface area contributed by atoms with E-state index >= 15 is 8.78 Å². The standard InChI is InChI=1S/C51H63F2N3O11/c1-6-9-42(61)67-51(28(2)20-36-35-15-12-30-21-32(57)16-17-48(30,3)50(35,53)39(58)23-49(36,51)4)40(59)27-66-41(60)11-8-19-65-47(63)34-25-56(31-13-14-31)43-33(45(34)62)22-37(52)44(46(43)64-5)55-24-29-10-7-18-54-38(29)26-55/h16-17,21-22,25,28-29,31,35-36,38-39,54,58H,6-15,18-20,23-24,26-27H2,1-5H3/t28-,29-,35+,36+,38+,39+,48+,49+,50+,51+/m0/s1. The van der Waals surface area contributed by atoms with Crippen molar-refractivity contribution in [2.75, 3.05) is 44.9 Å². The zero-order valence-electron chi connectivity index (χ0n) is 39.1. The largest absolute Gasteiger partial charge is 0.492 e. The fraction of sp³-hybridized carbons (Fsp3) is 0.647. The predicted octanol–water partition coefficient (Wildman–Crippen LogP) is 6.42. The lowest BCUT2D eigenvalue weighted by atomic mass is 9.44. The van der Waals surface area contributed by atoms with Gasteiger partial charge in [-0.1, -0.05) is 32.4 Å². The number of allylic oxidation sites excluding steroid dienone is 4. The molecule has 14 nitrogen and oxygen atoms in total. The van der Waals surface area contributed by atoms with E-state index in [1.165, 1.54) is 31.5 Å². The summed E-state index contributed by atoms with van der Waals surface area (Å²) >= 11 is 0. The number of carbonyl (C=O) groups excluding carboxylic acids is 5. The Balaban J connectivity index is 0.872. The summed E-state index contributed by atoms with van der Waals surface area (Å²) in [7, 11) is 1.46. The molecule has 4 saturated carbocycles. The van der Waals surface area contributed by atoms with Gasteiger partial charge in [0, 0.05) is 66.9 Å². The predicted molar refractivity (Wildman–Crippen MR) is 242 cm³/mol. The number of nitrogens with zero attached hydrogens (tertiary/aromatic N) is 2. The van der Waals surface area contributed by atoms with E-state index in [4.69, 9.17) is 18.9 Å². The first-order chi connectivity index (χ1) is 31.9. The minimum atomic E-state index is -2.16. The number of aliphatic hydroxyl groups excluding tert-OH is 1. The maximum absolute atomic E-state index is 17.9. The average Bonchev–Trinajstić information content (AvgIpc) is 4.01. The maximum Gasteiger partial charge on any atom is 0.343 e. The minimum Gasteiger partial charge on any atom is -0.492 e. The van der Waals surface area contributed by atoms with Gasteiger partial charge in [0.15, 0.2) is 35.2 Å². The molecular formula is C51H63F2N3O11. The molecule has 10 atom stereocenters. The number of anilines is 1. The summed E-state index contributed by atoms with van der Waals surface area (Å²) in [5.74, 6) is -5.10. The Morgan fingerprint density at radius 1 is 1.01 bits per heavy atom. The monoisotopic (exact) mass is 931 g/mol. The molecule has 0 bridgehead atoms. The van der Waals surface area contributed by atoms with Crippen LogP contribution < -0.4 is 20.4 Å². The molecule has 5 aliphatic carbocycles. The fourth-order valence-corrected chi connectivity index (χ4v) is 13.6. The molecule has 1 aromatic heterocycles. The third-order valence-electron chi connectivity index (χ3n) is 16.9. The first-order valence-corrected chi connectivity index (χ1v) is 24.3. The van der Waals surface area contributed by atoms with Crippen LogP contribution >= 0.6 is 0 Å². The van der Waals surface area contributed by atoms with Crippen molar-refractivity contribution in [1.82, 2.24) is 9.88 Å². The first kappa shape index (κ1) is 47.1.